The van der Waals surface area contributed by atoms with E-state index in [4.69, 9.17) is 14.2 Å². The second-order valence-electron chi connectivity index (χ2n) is 10.6. The maximum atomic E-state index is 15.1. The minimum absolute atomic E-state index is 0.164. The van der Waals surface area contributed by atoms with Crippen LogP contribution in [0.3, 0.4) is 0 Å². The standard InChI is InChI=1S/C29H30F2N8O3/c1-17(2)40-22-8-6-20-26(27(22)42-23-9-10-38(4)13-29(23,30)31)28(33-14-32-20)36-19-5-7-21(18(3)11-19)41-25-12-24-37-35-16-39(24)15-34-25/h5-8,11-12,14-17,23H,9-10,13H2,1-4H3,(H,32,33,36)/t23-/m0/s1. The van der Waals surface area contributed by atoms with Crippen LogP contribution in [0, 0.1) is 6.92 Å². The van der Waals surface area contributed by atoms with Gasteiger partial charge >= 0.3 is 0 Å². The fourth-order valence-electron chi connectivity index (χ4n) is 4.90. The number of nitrogens with zero attached hydrogens (tertiary/aromatic N) is 7. The van der Waals surface area contributed by atoms with Gasteiger partial charge in [0.15, 0.2) is 23.3 Å². The summed E-state index contributed by atoms with van der Waals surface area (Å²) in [6, 6.07) is 10.7. The molecular weight excluding hydrogens is 546 g/mol. The van der Waals surface area contributed by atoms with Gasteiger partial charge in [0.2, 0.25) is 5.88 Å². The lowest BCUT2D eigenvalue weighted by atomic mass is 10.0. The van der Waals surface area contributed by atoms with Crippen LogP contribution < -0.4 is 19.5 Å². The van der Waals surface area contributed by atoms with E-state index in [1.165, 1.54) is 6.33 Å². The van der Waals surface area contributed by atoms with Gasteiger partial charge in [-0.05, 0) is 63.7 Å². The van der Waals surface area contributed by atoms with Crippen LogP contribution in [0.1, 0.15) is 25.8 Å². The average Bonchev–Trinajstić information content (AvgIpc) is 3.40. The van der Waals surface area contributed by atoms with Crippen molar-refractivity contribution in [2.75, 3.05) is 25.5 Å². The number of fused-ring (bicyclic) bond motifs is 2. The van der Waals surface area contributed by atoms with Gasteiger partial charge < -0.3 is 24.4 Å². The molecule has 0 bridgehead atoms. The van der Waals surface area contributed by atoms with Crippen LogP contribution >= 0.6 is 0 Å². The van der Waals surface area contributed by atoms with Gasteiger partial charge in [-0.2, -0.15) is 0 Å². The summed E-state index contributed by atoms with van der Waals surface area (Å²) in [5.41, 5.74) is 2.67. The Labute approximate surface area is 240 Å². The zero-order valence-electron chi connectivity index (χ0n) is 23.6. The Hall–Kier alpha value is -4.65. The highest BCUT2D eigenvalue weighted by Gasteiger charge is 2.46. The Kier molecular flexibility index (Phi) is 7.19. The molecule has 13 heteroatoms. The van der Waals surface area contributed by atoms with Crippen molar-refractivity contribution in [1.29, 1.82) is 0 Å². The number of ether oxygens (including phenoxy) is 3. The van der Waals surface area contributed by atoms with Crippen LogP contribution in [0.4, 0.5) is 20.3 Å². The van der Waals surface area contributed by atoms with E-state index in [2.05, 4.69) is 30.5 Å². The highest BCUT2D eigenvalue weighted by molar-refractivity contribution is 5.97. The number of nitrogens with one attached hydrogen (secondary N) is 1. The molecule has 218 valence electrons. The molecule has 1 N–H and O–H groups in total. The second-order valence-corrected chi connectivity index (χ2v) is 10.6. The summed E-state index contributed by atoms with van der Waals surface area (Å²) in [6.07, 6.45) is 3.18. The largest absolute Gasteiger partial charge is 0.487 e. The molecule has 3 aromatic heterocycles. The number of alkyl halides is 2. The van der Waals surface area contributed by atoms with Crippen LogP contribution in [-0.4, -0.2) is 72.7 Å². The smallest absolute Gasteiger partial charge is 0.296 e. The minimum atomic E-state index is -3.05. The normalized spacial score (nSPS) is 17.1. The Morgan fingerprint density at radius 2 is 1.88 bits per heavy atom. The molecule has 1 saturated heterocycles. The maximum absolute atomic E-state index is 15.1. The number of halogens is 2. The van der Waals surface area contributed by atoms with Crippen LogP contribution in [0.2, 0.25) is 0 Å². The van der Waals surface area contributed by atoms with E-state index < -0.39 is 12.0 Å². The number of aromatic nitrogens is 6. The summed E-state index contributed by atoms with van der Waals surface area (Å²) in [5, 5.41) is 11.6. The molecule has 42 heavy (non-hydrogen) atoms. The Morgan fingerprint density at radius 1 is 1.05 bits per heavy atom. The molecule has 1 atom stereocenters. The van der Waals surface area contributed by atoms with Crippen molar-refractivity contribution in [2.24, 2.45) is 0 Å². The molecule has 0 saturated carbocycles. The first-order valence-corrected chi connectivity index (χ1v) is 13.5. The van der Waals surface area contributed by atoms with E-state index in [0.29, 0.717) is 52.0 Å². The van der Waals surface area contributed by atoms with Gasteiger partial charge in [0.05, 0.1) is 23.6 Å². The van der Waals surface area contributed by atoms with Gasteiger partial charge in [0.25, 0.3) is 5.92 Å². The molecule has 5 aromatic rings. The third-order valence-electron chi connectivity index (χ3n) is 6.88. The number of likely N-dealkylation sites (tertiary alicyclic amines) is 1. The van der Waals surface area contributed by atoms with Crippen LogP contribution in [0.5, 0.6) is 23.1 Å². The number of piperidine rings is 1. The molecule has 4 heterocycles. The fraction of sp³-hybridized carbons (Fsp3) is 0.345. The van der Waals surface area contributed by atoms with E-state index in [0.717, 1.165) is 5.56 Å². The second kappa shape index (κ2) is 11.0. The summed E-state index contributed by atoms with van der Waals surface area (Å²) in [7, 11) is 1.68. The van der Waals surface area contributed by atoms with Crippen molar-refractivity contribution in [3.63, 3.8) is 0 Å². The topological polar surface area (TPSA) is 112 Å². The summed E-state index contributed by atoms with van der Waals surface area (Å²) < 4.78 is 49.9. The third kappa shape index (κ3) is 5.59. The van der Waals surface area contributed by atoms with E-state index in [9.17, 15) is 0 Å². The van der Waals surface area contributed by atoms with Crippen molar-refractivity contribution in [2.45, 2.75) is 45.3 Å². The van der Waals surface area contributed by atoms with E-state index in [-0.39, 0.29) is 24.8 Å². The number of rotatable bonds is 8. The van der Waals surface area contributed by atoms with E-state index in [1.54, 1.807) is 53.3 Å². The summed E-state index contributed by atoms with van der Waals surface area (Å²) in [6.45, 7) is 5.73. The van der Waals surface area contributed by atoms with Crippen molar-refractivity contribution < 1.29 is 23.0 Å². The Balaban J connectivity index is 1.33. The summed E-state index contributed by atoms with van der Waals surface area (Å²) >= 11 is 0. The lowest BCUT2D eigenvalue weighted by molar-refractivity contribution is -0.135. The van der Waals surface area contributed by atoms with Crippen LogP contribution in [0.15, 0.2) is 55.4 Å². The number of hydrogen-bond acceptors (Lipinski definition) is 10. The number of hydrogen-bond donors (Lipinski definition) is 1. The number of benzene rings is 2. The highest BCUT2D eigenvalue weighted by atomic mass is 19.3. The SMILES string of the molecule is Cc1cc(Nc2ncnc3ccc(OC(C)C)c(O[C@H]4CCN(C)CC4(F)F)c23)ccc1Oc1cc2nncn2cn1. The zero-order valence-corrected chi connectivity index (χ0v) is 23.6. The van der Waals surface area contributed by atoms with Gasteiger partial charge in [-0.3, -0.25) is 4.40 Å². The fourth-order valence-corrected chi connectivity index (χ4v) is 4.90. The molecule has 1 aliphatic rings. The first-order chi connectivity index (χ1) is 20.2. The third-order valence-corrected chi connectivity index (χ3v) is 6.88. The van der Waals surface area contributed by atoms with Crippen LogP contribution in [0.25, 0.3) is 16.6 Å². The molecule has 0 spiro atoms. The quantitative estimate of drug-likeness (QED) is 0.257. The molecule has 0 amide bonds. The Morgan fingerprint density at radius 3 is 2.67 bits per heavy atom. The molecule has 1 aliphatic heterocycles. The van der Waals surface area contributed by atoms with Crippen molar-refractivity contribution in [3.8, 4) is 23.1 Å². The summed E-state index contributed by atoms with van der Waals surface area (Å²) in [5.74, 6) is -1.13. The molecule has 6 rings (SSSR count). The predicted octanol–water partition coefficient (Wildman–Crippen LogP) is 5.42. The lowest BCUT2D eigenvalue weighted by Gasteiger charge is -2.36. The molecule has 0 aliphatic carbocycles. The molecule has 0 unspecified atom stereocenters. The monoisotopic (exact) mass is 576 g/mol. The van der Waals surface area contributed by atoms with E-state index >= 15 is 8.78 Å². The van der Waals surface area contributed by atoms with Crippen molar-refractivity contribution in [3.05, 3.63) is 60.9 Å². The zero-order chi connectivity index (χ0) is 29.4. The molecule has 11 nitrogen and oxygen atoms in total. The van der Waals surface area contributed by atoms with Crippen molar-refractivity contribution in [1.82, 2.24) is 34.4 Å². The predicted molar refractivity (Wildman–Crippen MR) is 152 cm³/mol. The minimum Gasteiger partial charge on any atom is -0.487 e. The Bertz CT molecular complexity index is 1750. The number of anilines is 2. The molecule has 1 fully saturated rings. The highest BCUT2D eigenvalue weighted by Crippen LogP contribution is 2.43. The lowest BCUT2D eigenvalue weighted by Crippen LogP contribution is -2.52. The van der Waals surface area contributed by atoms with Gasteiger partial charge in [0.1, 0.15) is 30.5 Å². The van der Waals surface area contributed by atoms with Gasteiger partial charge in [-0.15, -0.1) is 10.2 Å². The molecular formula is C29H30F2N8O3. The average molecular weight is 577 g/mol. The molecule has 2 aromatic carbocycles. The van der Waals surface area contributed by atoms with Gasteiger partial charge in [-0.25, -0.2) is 23.7 Å². The van der Waals surface area contributed by atoms with Gasteiger partial charge in [-0.1, -0.05) is 0 Å². The van der Waals surface area contributed by atoms with Gasteiger partial charge in [0, 0.05) is 24.7 Å². The number of aryl methyl sites for hydroxylation is 1. The molecule has 0 radical (unpaired) electrons. The first-order valence-electron chi connectivity index (χ1n) is 13.5. The maximum Gasteiger partial charge on any atom is 0.296 e. The summed E-state index contributed by atoms with van der Waals surface area (Å²) in [4.78, 5) is 14.7. The van der Waals surface area contributed by atoms with Crippen molar-refractivity contribution >= 4 is 28.1 Å². The van der Waals surface area contributed by atoms with E-state index in [1.807, 2.05) is 32.9 Å². The first kappa shape index (κ1) is 27.5. The van der Waals surface area contributed by atoms with Crippen LogP contribution in [-0.2, 0) is 0 Å².